The molecule has 0 saturated carbocycles. The minimum absolute atomic E-state index is 0.0152. The maximum atomic E-state index is 14.6. The molecule has 6 rings (SSSR count). The minimum Gasteiger partial charge on any atom is -0.497 e. The van der Waals surface area contributed by atoms with Crippen LogP contribution in [-0.4, -0.2) is 103 Å². The lowest BCUT2D eigenvalue weighted by Crippen LogP contribution is -2.31. The van der Waals surface area contributed by atoms with Gasteiger partial charge in [-0.1, -0.05) is 64.5 Å². The van der Waals surface area contributed by atoms with Gasteiger partial charge >= 0.3 is 0 Å². The van der Waals surface area contributed by atoms with Crippen molar-refractivity contribution in [1.82, 2.24) is 28.6 Å². The van der Waals surface area contributed by atoms with Crippen molar-refractivity contribution in [1.29, 1.82) is 0 Å². The summed E-state index contributed by atoms with van der Waals surface area (Å²) in [6.07, 6.45) is 3.06. The number of aliphatic hydroxyl groups is 2. The number of methoxy groups -OCH3 is 4. The van der Waals surface area contributed by atoms with Crippen LogP contribution in [0.3, 0.4) is 0 Å². The predicted octanol–water partition coefficient (Wildman–Crippen LogP) is 6.53. The highest BCUT2D eigenvalue weighted by molar-refractivity contribution is 9.09. The molecule has 65 heavy (non-hydrogen) atoms. The van der Waals surface area contributed by atoms with E-state index in [1.165, 1.54) is 13.3 Å². The molecular formula is C44H53BrF2N6O10S2. The van der Waals surface area contributed by atoms with Crippen LogP contribution in [0.15, 0.2) is 120 Å². The van der Waals surface area contributed by atoms with Crippen LogP contribution in [-0.2, 0) is 52.8 Å². The Kier molecular flexibility index (Phi) is 20.8. The first-order chi connectivity index (χ1) is 31.2. The number of aliphatic hydroxyl groups excluding tert-OH is 2. The monoisotopic (exact) mass is 1010 g/mol. The van der Waals surface area contributed by atoms with Gasteiger partial charge in [0.25, 0.3) is 20.0 Å². The van der Waals surface area contributed by atoms with Gasteiger partial charge in [-0.3, -0.25) is 9.78 Å². The molecule has 21 heteroatoms. The number of benzene rings is 4. The molecule has 2 heterocycles. The number of halogens is 3. The molecule has 0 unspecified atom stereocenters. The molecule has 0 fully saturated rings. The van der Waals surface area contributed by atoms with Crippen LogP contribution in [0.5, 0.6) is 23.0 Å². The van der Waals surface area contributed by atoms with Crippen LogP contribution in [0, 0.1) is 11.6 Å². The van der Waals surface area contributed by atoms with Gasteiger partial charge in [-0.05, 0) is 83.6 Å². The van der Waals surface area contributed by atoms with Gasteiger partial charge in [0.1, 0.15) is 23.0 Å². The number of aromatic amines is 1. The maximum absolute atomic E-state index is 14.6. The number of aryl methyl sites for hydroxylation is 1. The van der Waals surface area contributed by atoms with Crippen LogP contribution in [0.25, 0.3) is 0 Å². The highest BCUT2D eigenvalue weighted by Gasteiger charge is 2.32. The van der Waals surface area contributed by atoms with Crippen molar-refractivity contribution in [3.8, 4) is 23.0 Å². The van der Waals surface area contributed by atoms with Crippen LogP contribution < -0.4 is 18.9 Å². The molecule has 16 nitrogen and oxygen atoms in total. The Hall–Kier alpha value is -5.42. The second-order valence-electron chi connectivity index (χ2n) is 13.9. The van der Waals surface area contributed by atoms with E-state index in [1.807, 2.05) is 0 Å². The van der Waals surface area contributed by atoms with E-state index in [0.29, 0.717) is 47.2 Å². The second kappa shape index (κ2) is 25.9. The number of sulfonamides is 2. The lowest BCUT2D eigenvalue weighted by atomic mass is 10.2. The number of H-pyrrole nitrogens is 1. The van der Waals surface area contributed by atoms with Gasteiger partial charge < -0.3 is 29.2 Å². The third-order valence-corrected chi connectivity index (χ3v) is 13.3. The van der Waals surface area contributed by atoms with E-state index in [2.05, 4.69) is 31.2 Å². The first kappa shape index (κ1) is 52.2. The average Bonchev–Trinajstić information content (AvgIpc) is 3.94. The van der Waals surface area contributed by atoms with E-state index in [1.54, 1.807) is 126 Å². The van der Waals surface area contributed by atoms with Gasteiger partial charge in [0.05, 0.1) is 40.8 Å². The molecule has 352 valence electrons. The molecule has 6 aromatic rings. The van der Waals surface area contributed by atoms with E-state index >= 15 is 0 Å². The number of nitrogens with one attached hydrogen (secondary N) is 1. The first-order valence-electron chi connectivity index (χ1n) is 19.9. The summed E-state index contributed by atoms with van der Waals surface area (Å²) in [5, 5.41) is 26.4. The average molecular weight is 1010 g/mol. The molecule has 2 aromatic heterocycles. The van der Waals surface area contributed by atoms with Crippen LogP contribution in [0.4, 0.5) is 8.78 Å². The Balaban J connectivity index is 0.000000259. The number of rotatable bonds is 21. The minimum atomic E-state index is -4.26. The van der Waals surface area contributed by atoms with Crippen molar-refractivity contribution >= 4 is 36.0 Å². The summed E-state index contributed by atoms with van der Waals surface area (Å²) in [5.74, 6) is 0.756. The molecule has 0 aliphatic heterocycles. The standard InChI is InChI=1S/C22H26FN3O5S.C19H20FN3O4S.C3H7BrO/c1-30-19-8-4-17(5-9-19)14-26(15-18-6-10-20(31-2)11-7-18)32(28,29)22-21(23)16-25(24-22)12-3-13-27;1-26-16-7-3-14(4-8-16)12-23(13-15-5-9-17(27-2)10-6-15)28(24,25)19-18(20)11-21-22-19;4-2-1-3-5/h4-11,16,27H,3,12-15H2,1-2H3;3-11H,12-13H2,1-2H3,(H,21,22);5H,1-3H2. The SMILES string of the molecule is COc1ccc(CN(Cc2ccc(OC)cc2)S(=O)(=O)c2[nH]ncc2F)cc1.COc1ccc(CN(Cc2ccc(OC)cc2)S(=O)(=O)c2nn(CCCO)cc2F)cc1.OCCCBr. The molecule has 4 aromatic carbocycles. The fourth-order valence-corrected chi connectivity index (χ4v) is 8.85. The molecule has 0 amide bonds. The summed E-state index contributed by atoms with van der Waals surface area (Å²) in [6.45, 7) is 0.534. The fraction of sp³-hybridized carbons (Fsp3) is 0.318. The number of ether oxygens (including phenoxy) is 4. The zero-order valence-electron chi connectivity index (χ0n) is 36.3. The van der Waals surface area contributed by atoms with E-state index in [9.17, 15) is 25.6 Å². The van der Waals surface area contributed by atoms with E-state index in [0.717, 1.165) is 35.3 Å². The second-order valence-corrected chi connectivity index (χ2v) is 18.4. The highest BCUT2D eigenvalue weighted by atomic mass is 79.9. The summed E-state index contributed by atoms with van der Waals surface area (Å²) in [5.41, 5.74) is 2.89. The maximum Gasteiger partial charge on any atom is 0.265 e. The lowest BCUT2D eigenvalue weighted by Gasteiger charge is -2.22. The molecule has 0 aliphatic carbocycles. The van der Waals surface area contributed by atoms with Gasteiger partial charge in [-0.25, -0.2) is 25.6 Å². The van der Waals surface area contributed by atoms with Gasteiger partial charge in [-0.2, -0.15) is 18.8 Å². The van der Waals surface area contributed by atoms with Crippen LogP contribution in [0.2, 0.25) is 0 Å². The molecule has 3 N–H and O–H groups in total. The molecule has 0 saturated heterocycles. The Bertz CT molecular complexity index is 2450. The predicted molar refractivity (Wildman–Crippen MR) is 243 cm³/mol. The third-order valence-electron chi connectivity index (χ3n) is 9.34. The van der Waals surface area contributed by atoms with Crippen LogP contribution in [0.1, 0.15) is 35.1 Å². The van der Waals surface area contributed by atoms with E-state index in [-0.39, 0.29) is 39.3 Å². The number of hydrogen-bond acceptors (Lipinski definition) is 12. The number of aromatic nitrogens is 4. The van der Waals surface area contributed by atoms with Gasteiger partial charge in [0.2, 0.25) is 10.1 Å². The topological polar surface area (TPSA) is 199 Å². The van der Waals surface area contributed by atoms with Crippen molar-refractivity contribution in [2.75, 3.05) is 47.0 Å². The van der Waals surface area contributed by atoms with Gasteiger partial charge in [0, 0.05) is 51.3 Å². The normalized spacial score (nSPS) is 11.4. The fourth-order valence-electron chi connectivity index (χ4n) is 5.84. The van der Waals surface area contributed by atoms with Crippen molar-refractivity contribution in [3.05, 3.63) is 143 Å². The van der Waals surface area contributed by atoms with Crippen molar-refractivity contribution in [3.63, 3.8) is 0 Å². The molecule has 0 bridgehead atoms. The Morgan fingerprint density at radius 1 is 0.600 bits per heavy atom. The Morgan fingerprint density at radius 3 is 1.26 bits per heavy atom. The smallest absolute Gasteiger partial charge is 0.265 e. The summed E-state index contributed by atoms with van der Waals surface area (Å²) in [7, 11) is -2.20. The number of alkyl halides is 1. The van der Waals surface area contributed by atoms with Gasteiger partial charge in [0.15, 0.2) is 11.6 Å². The zero-order chi connectivity index (χ0) is 47.4. The summed E-state index contributed by atoms with van der Waals surface area (Å²) >= 11 is 3.15. The molecule has 0 aliphatic rings. The number of nitrogens with zero attached hydrogens (tertiary/aromatic N) is 5. The van der Waals surface area contributed by atoms with Gasteiger partial charge in [-0.15, -0.1) is 0 Å². The molecule has 0 atom stereocenters. The third kappa shape index (κ3) is 15.3. The zero-order valence-corrected chi connectivity index (χ0v) is 39.5. The molecular weight excluding hydrogens is 955 g/mol. The van der Waals surface area contributed by atoms with Crippen LogP contribution >= 0.6 is 15.9 Å². The van der Waals surface area contributed by atoms with Crippen molar-refractivity contribution in [2.45, 2.75) is 55.6 Å². The van der Waals surface area contributed by atoms with E-state index < -0.39 is 41.7 Å². The number of hydrogen-bond donors (Lipinski definition) is 3. The van der Waals surface area contributed by atoms with Crippen molar-refractivity contribution in [2.24, 2.45) is 0 Å². The lowest BCUT2D eigenvalue weighted by molar-refractivity contribution is 0.276. The largest absolute Gasteiger partial charge is 0.497 e. The summed E-state index contributed by atoms with van der Waals surface area (Å²) in [6, 6.07) is 28.0. The van der Waals surface area contributed by atoms with E-state index in [4.69, 9.17) is 29.2 Å². The quantitative estimate of drug-likeness (QED) is 0.0660. The van der Waals surface area contributed by atoms with Crippen molar-refractivity contribution < 1.29 is 54.8 Å². The highest BCUT2D eigenvalue weighted by Crippen LogP contribution is 2.26. The Labute approximate surface area is 386 Å². The Morgan fingerprint density at radius 2 is 0.969 bits per heavy atom. The molecule has 0 spiro atoms. The first-order valence-corrected chi connectivity index (χ1v) is 23.9. The molecule has 0 radical (unpaired) electrons. The summed E-state index contributed by atoms with van der Waals surface area (Å²) < 4.78 is 106. The summed E-state index contributed by atoms with van der Waals surface area (Å²) in [4.78, 5) is 0.